The minimum Gasteiger partial charge on any atom is -0.493 e. The van der Waals surface area contributed by atoms with Crippen molar-refractivity contribution >= 4 is 34.8 Å². The Morgan fingerprint density at radius 3 is 2.42 bits per heavy atom. The van der Waals surface area contributed by atoms with Crippen LogP contribution in [0.1, 0.15) is 20.7 Å². The molecule has 10 heteroatoms. The molecule has 2 N–H and O–H groups in total. The molecule has 0 atom stereocenters. The van der Waals surface area contributed by atoms with Crippen LogP contribution in [0.3, 0.4) is 0 Å². The topological polar surface area (TPSA) is 95.1 Å². The number of ether oxygens (including phenoxy) is 4. The number of benzene rings is 3. The molecule has 4 rings (SSSR count). The summed E-state index contributed by atoms with van der Waals surface area (Å²) in [5.41, 5.74) is 0.607. The molecule has 0 unspecified atom stereocenters. The van der Waals surface area contributed by atoms with Crippen molar-refractivity contribution in [3.63, 3.8) is 0 Å². The number of hydrogen-bond donors (Lipinski definition) is 2. The van der Waals surface area contributed by atoms with Gasteiger partial charge in [0.2, 0.25) is 6.79 Å². The fourth-order valence-electron chi connectivity index (χ4n) is 3.18. The molecule has 0 radical (unpaired) electrons. The van der Waals surface area contributed by atoms with E-state index in [1.54, 1.807) is 18.2 Å². The number of fused-ring (bicyclic) bond motifs is 1. The lowest BCUT2D eigenvalue weighted by Gasteiger charge is -2.13. The summed E-state index contributed by atoms with van der Waals surface area (Å²) in [6, 6.07) is 11.4. The maximum absolute atomic E-state index is 14.4. The molecule has 0 bridgehead atoms. The number of nitrogens with one attached hydrogen (secondary N) is 2. The highest BCUT2D eigenvalue weighted by Gasteiger charge is 2.18. The highest BCUT2D eigenvalue weighted by Crippen LogP contribution is 2.36. The van der Waals surface area contributed by atoms with Crippen molar-refractivity contribution in [2.75, 3.05) is 31.6 Å². The van der Waals surface area contributed by atoms with E-state index in [2.05, 4.69) is 10.6 Å². The lowest BCUT2D eigenvalue weighted by molar-refractivity contribution is 0.101. The molecule has 170 valence electrons. The maximum atomic E-state index is 14.4. The average Bonchev–Trinajstić information content (AvgIpc) is 3.28. The van der Waals surface area contributed by atoms with Crippen LogP contribution in [0.15, 0.2) is 48.5 Å². The van der Waals surface area contributed by atoms with Crippen LogP contribution in [-0.4, -0.2) is 32.8 Å². The van der Waals surface area contributed by atoms with Crippen molar-refractivity contribution in [1.29, 1.82) is 0 Å². The van der Waals surface area contributed by atoms with E-state index in [1.165, 1.54) is 38.5 Å². The number of halogens is 2. The molecule has 0 aromatic heterocycles. The van der Waals surface area contributed by atoms with Crippen molar-refractivity contribution in [2.45, 2.75) is 0 Å². The summed E-state index contributed by atoms with van der Waals surface area (Å²) in [5, 5.41) is 5.29. The van der Waals surface area contributed by atoms with Gasteiger partial charge >= 0.3 is 0 Å². The normalized spacial score (nSPS) is 11.6. The summed E-state index contributed by atoms with van der Waals surface area (Å²) in [5.74, 6) is -0.219. The van der Waals surface area contributed by atoms with E-state index in [9.17, 15) is 14.0 Å². The first-order valence-electron chi connectivity index (χ1n) is 9.63. The monoisotopic (exact) mass is 472 g/mol. The number of methoxy groups -OCH3 is 2. The van der Waals surface area contributed by atoms with Gasteiger partial charge in [-0.3, -0.25) is 9.59 Å². The van der Waals surface area contributed by atoms with Gasteiger partial charge in [-0.25, -0.2) is 4.39 Å². The Kier molecular flexibility index (Phi) is 6.23. The van der Waals surface area contributed by atoms with Crippen LogP contribution in [-0.2, 0) is 0 Å². The zero-order valence-electron chi connectivity index (χ0n) is 17.5. The number of carbonyl (C=O) groups is 2. The fourth-order valence-corrected chi connectivity index (χ4v) is 3.47. The van der Waals surface area contributed by atoms with E-state index in [4.69, 9.17) is 30.5 Å². The summed E-state index contributed by atoms with van der Waals surface area (Å²) >= 11 is 6.14. The summed E-state index contributed by atoms with van der Waals surface area (Å²) in [6.07, 6.45) is 0. The first-order chi connectivity index (χ1) is 15.9. The first kappa shape index (κ1) is 22.2. The smallest absolute Gasteiger partial charge is 0.255 e. The summed E-state index contributed by atoms with van der Waals surface area (Å²) in [7, 11) is 2.82. The largest absolute Gasteiger partial charge is 0.493 e. The Labute approximate surface area is 193 Å². The Bertz CT molecular complexity index is 1250. The molecular weight excluding hydrogens is 455 g/mol. The third-order valence-electron chi connectivity index (χ3n) is 4.80. The number of rotatable bonds is 6. The first-order valence-corrected chi connectivity index (χ1v) is 10.0. The van der Waals surface area contributed by atoms with Crippen molar-refractivity contribution in [1.82, 2.24) is 0 Å². The molecule has 2 amide bonds. The van der Waals surface area contributed by atoms with E-state index >= 15 is 0 Å². The fraction of sp³-hybridized carbons (Fsp3) is 0.130. The Hall–Kier alpha value is -3.98. The Morgan fingerprint density at radius 2 is 1.67 bits per heavy atom. The molecular formula is C23H18ClFN2O6. The van der Waals surface area contributed by atoms with Gasteiger partial charge < -0.3 is 29.6 Å². The molecule has 1 aliphatic rings. The lowest BCUT2D eigenvalue weighted by Crippen LogP contribution is -2.15. The predicted molar refractivity (Wildman–Crippen MR) is 119 cm³/mol. The number of amides is 2. The minimum absolute atomic E-state index is 0.0900. The molecule has 3 aromatic carbocycles. The predicted octanol–water partition coefficient (Wildman–Crippen LogP) is 4.73. The number of carbonyl (C=O) groups excluding carboxylic acids is 2. The van der Waals surface area contributed by atoms with Crippen LogP contribution in [0, 0.1) is 5.82 Å². The molecule has 33 heavy (non-hydrogen) atoms. The zero-order chi connectivity index (χ0) is 23.5. The maximum Gasteiger partial charge on any atom is 0.255 e. The van der Waals surface area contributed by atoms with Gasteiger partial charge in [0.05, 0.1) is 24.9 Å². The van der Waals surface area contributed by atoms with Crippen LogP contribution in [0.25, 0.3) is 0 Å². The van der Waals surface area contributed by atoms with Gasteiger partial charge in [-0.05, 0) is 48.5 Å². The molecule has 0 saturated heterocycles. The van der Waals surface area contributed by atoms with E-state index in [0.717, 1.165) is 6.07 Å². The van der Waals surface area contributed by atoms with Crippen LogP contribution in [0.4, 0.5) is 15.8 Å². The zero-order valence-corrected chi connectivity index (χ0v) is 18.3. The van der Waals surface area contributed by atoms with Gasteiger partial charge in [0.25, 0.3) is 11.8 Å². The molecule has 0 saturated carbocycles. The Morgan fingerprint density at radius 1 is 0.909 bits per heavy atom. The second-order valence-electron chi connectivity index (χ2n) is 6.86. The van der Waals surface area contributed by atoms with Gasteiger partial charge in [-0.1, -0.05) is 11.6 Å². The lowest BCUT2D eigenvalue weighted by atomic mass is 10.1. The van der Waals surface area contributed by atoms with Crippen LogP contribution in [0.5, 0.6) is 23.0 Å². The van der Waals surface area contributed by atoms with Crippen LogP contribution in [0.2, 0.25) is 5.02 Å². The van der Waals surface area contributed by atoms with Gasteiger partial charge in [0.1, 0.15) is 5.82 Å². The molecule has 0 spiro atoms. The van der Waals surface area contributed by atoms with Crippen molar-refractivity contribution in [3.05, 3.63) is 70.5 Å². The highest BCUT2D eigenvalue weighted by molar-refractivity contribution is 6.32. The summed E-state index contributed by atoms with van der Waals surface area (Å²) in [4.78, 5) is 25.3. The molecule has 1 heterocycles. The van der Waals surface area contributed by atoms with Crippen LogP contribution >= 0.6 is 11.6 Å². The second kappa shape index (κ2) is 9.25. The molecule has 0 aliphatic carbocycles. The van der Waals surface area contributed by atoms with E-state index in [1.807, 2.05) is 0 Å². The van der Waals surface area contributed by atoms with Crippen molar-refractivity contribution in [3.8, 4) is 23.0 Å². The SMILES string of the molecule is COc1cc(C(=O)Nc2cc(NC(=O)c3ccc4c(c3)OCO4)ccc2F)cc(Cl)c1OC. The summed E-state index contributed by atoms with van der Waals surface area (Å²) < 4.78 is 35.2. The van der Waals surface area contributed by atoms with Crippen molar-refractivity contribution in [2.24, 2.45) is 0 Å². The van der Waals surface area contributed by atoms with Gasteiger partial charge in [0, 0.05) is 16.8 Å². The highest BCUT2D eigenvalue weighted by atomic mass is 35.5. The molecule has 1 aliphatic heterocycles. The van der Waals surface area contributed by atoms with E-state index < -0.39 is 17.6 Å². The third-order valence-corrected chi connectivity index (χ3v) is 5.08. The average molecular weight is 473 g/mol. The standard InChI is InChI=1S/C23H18ClFN2O6/c1-30-20-9-13(7-15(24)21(20)31-2)23(29)27-17-10-14(4-5-16(17)25)26-22(28)12-3-6-18-19(8-12)33-11-32-18/h3-10H,11H2,1-2H3,(H,26,28)(H,27,29). The van der Waals surface area contributed by atoms with Gasteiger partial charge in [0.15, 0.2) is 23.0 Å². The quantitative estimate of drug-likeness (QED) is 0.538. The molecule has 0 fully saturated rings. The van der Waals surface area contributed by atoms with Gasteiger partial charge in [-0.2, -0.15) is 0 Å². The van der Waals surface area contributed by atoms with E-state index in [0.29, 0.717) is 17.1 Å². The minimum atomic E-state index is -0.684. The second-order valence-corrected chi connectivity index (χ2v) is 7.27. The number of anilines is 2. The molecule has 3 aromatic rings. The molecule has 8 nitrogen and oxygen atoms in total. The van der Waals surface area contributed by atoms with Gasteiger partial charge in [-0.15, -0.1) is 0 Å². The van der Waals surface area contributed by atoms with Crippen molar-refractivity contribution < 1.29 is 32.9 Å². The van der Waals surface area contributed by atoms with E-state index in [-0.39, 0.29) is 40.3 Å². The number of hydrogen-bond acceptors (Lipinski definition) is 6. The summed E-state index contributed by atoms with van der Waals surface area (Å²) in [6.45, 7) is 0.0900. The third kappa shape index (κ3) is 4.63. The Balaban J connectivity index is 1.52. The van der Waals surface area contributed by atoms with Crippen LogP contribution < -0.4 is 29.6 Å².